The number of rotatable bonds is 1. The topological polar surface area (TPSA) is 62.8 Å². The summed E-state index contributed by atoms with van der Waals surface area (Å²) in [5.74, 6) is -0.876. The monoisotopic (exact) mass is 246 g/mol. The number of Topliss-reactive ketones (excluding diaryl/α,β-unsaturated/α-hetero) is 1. The minimum Gasteiger partial charge on any atom is -0.299 e. The zero-order chi connectivity index (χ0) is 12.8. The first-order valence-electron chi connectivity index (χ1n) is 5.01. The van der Waals surface area contributed by atoms with E-state index in [2.05, 4.69) is 5.10 Å². The van der Waals surface area contributed by atoms with Crippen molar-refractivity contribution in [3.63, 3.8) is 0 Å². The fourth-order valence-corrected chi connectivity index (χ4v) is 2.16. The summed E-state index contributed by atoms with van der Waals surface area (Å²) in [6, 6.07) is 0. The molecule has 0 saturated heterocycles. The molecular weight excluding hydrogens is 237 g/mol. The summed E-state index contributed by atoms with van der Waals surface area (Å²) >= 11 is 0. The van der Waals surface area contributed by atoms with Gasteiger partial charge in [-0.1, -0.05) is 0 Å². The standard InChI is InChI=1S/C10H9F3N2O2/c1-4(16)5-2-3-6-7(10(11,12)13)9(17)15-14-8(5)6/h5H,2-3H2,1H3,(H,15,17). The highest BCUT2D eigenvalue weighted by Gasteiger charge is 2.41. The van der Waals surface area contributed by atoms with Crippen molar-refractivity contribution in [2.24, 2.45) is 0 Å². The molecule has 0 amide bonds. The van der Waals surface area contributed by atoms with Gasteiger partial charge in [-0.25, -0.2) is 5.10 Å². The van der Waals surface area contributed by atoms with Crippen molar-refractivity contribution in [2.75, 3.05) is 0 Å². The van der Waals surface area contributed by atoms with Crippen LogP contribution < -0.4 is 5.56 Å². The number of hydrogen-bond donors (Lipinski definition) is 1. The van der Waals surface area contributed by atoms with E-state index in [1.54, 1.807) is 0 Å². The molecule has 7 heteroatoms. The van der Waals surface area contributed by atoms with Gasteiger partial charge >= 0.3 is 6.18 Å². The zero-order valence-corrected chi connectivity index (χ0v) is 8.89. The first-order chi connectivity index (χ1) is 7.82. The number of hydrogen-bond acceptors (Lipinski definition) is 3. The summed E-state index contributed by atoms with van der Waals surface area (Å²) in [6.07, 6.45) is -4.38. The number of aromatic amines is 1. The highest BCUT2D eigenvalue weighted by Crippen LogP contribution is 2.38. The van der Waals surface area contributed by atoms with Crippen molar-refractivity contribution in [2.45, 2.75) is 31.9 Å². The van der Waals surface area contributed by atoms with Gasteiger partial charge in [-0.05, 0) is 25.3 Å². The fourth-order valence-electron chi connectivity index (χ4n) is 2.16. The van der Waals surface area contributed by atoms with Crippen LogP contribution in [0.15, 0.2) is 4.79 Å². The van der Waals surface area contributed by atoms with Gasteiger partial charge in [-0.2, -0.15) is 18.3 Å². The quantitative estimate of drug-likeness (QED) is 0.814. The molecule has 0 aliphatic heterocycles. The molecule has 0 fully saturated rings. The molecule has 1 N–H and O–H groups in total. The number of aromatic nitrogens is 2. The molecule has 0 aromatic carbocycles. The van der Waals surface area contributed by atoms with Crippen molar-refractivity contribution in [3.05, 3.63) is 27.2 Å². The van der Waals surface area contributed by atoms with Gasteiger partial charge < -0.3 is 0 Å². The number of fused-ring (bicyclic) bond motifs is 1. The zero-order valence-electron chi connectivity index (χ0n) is 8.89. The van der Waals surface area contributed by atoms with E-state index < -0.39 is 23.2 Å². The average molecular weight is 246 g/mol. The minimum atomic E-state index is -4.72. The summed E-state index contributed by atoms with van der Waals surface area (Å²) in [5.41, 5.74) is -2.54. The SMILES string of the molecule is CC(=O)C1CCc2c1n[nH]c(=O)c2C(F)(F)F. The number of carbonyl (C=O) groups excluding carboxylic acids is 1. The van der Waals surface area contributed by atoms with Gasteiger partial charge in [0, 0.05) is 0 Å². The van der Waals surface area contributed by atoms with E-state index in [4.69, 9.17) is 0 Å². The molecule has 17 heavy (non-hydrogen) atoms. The lowest BCUT2D eigenvalue weighted by Crippen LogP contribution is -2.26. The second-order valence-electron chi connectivity index (χ2n) is 3.99. The number of ketones is 1. The molecule has 92 valence electrons. The van der Waals surface area contributed by atoms with Crippen molar-refractivity contribution < 1.29 is 18.0 Å². The second-order valence-corrected chi connectivity index (χ2v) is 3.99. The van der Waals surface area contributed by atoms with Gasteiger partial charge in [0.15, 0.2) is 0 Å². The van der Waals surface area contributed by atoms with Crippen LogP contribution in [0.25, 0.3) is 0 Å². The van der Waals surface area contributed by atoms with E-state index >= 15 is 0 Å². The summed E-state index contributed by atoms with van der Waals surface area (Å²) in [5, 5.41) is 5.39. The number of alkyl halides is 3. The maximum atomic E-state index is 12.7. The Morgan fingerprint density at radius 2 is 2.12 bits per heavy atom. The van der Waals surface area contributed by atoms with Crippen LogP contribution in [0.1, 0.15) is 36.1 Å². The Hall–Kier alpha value is -1.66. The van der Waals surface area contributed by atoms with E-state index in [9.17, 15) is 22.8 Å². The number of H-pyrrole nitrogens is 1. The Kier molecular flexibility index (Phi) is 2.56. The van der Waals surface area contributed by atoms with Crippen LogP contribution in [0.4, 0.5) is 13.2 Å². The van der Waals surface area contributed by atoms with Gasteiger partial charge in [0.2, 0.25) is 0 Å². The molecule has 1 unspecified atom stereocenters. The maximum absolute atomic E-state index is 12.7. The number of halogens is 3. The Bertz CT molecular complexity index is 533. The number of nitrogens with zero attached hydrogens (tertiary/aromatic N) is 1. The molecule has 0 bridgehead atoms. The molecule has 0 spiro atoms. The van der Waals surface area contributed by atoms with Gasteiger partial charge in [0.05, 0.1) is 11.6 Å². The van der Waals surface area contributed by atoms with Crippen LogP contribution in [-0.4, -0.2) is 16.0 Å². The van der Waals surface area contributed by atoms with Crippen LogP contribution >= 0.6 is 0 Å². The Morgan fingerprint density at radius 1 is 1.47 bits per heavy atom. The molecule has 1 aliphatic rings. The molecule has 0 saturated carbocycles. The lowest BCUT2D eigenvalue weighted by molar-refractivity contribution is -0.139. The highest BCUT2D eigenvalue weighted by molar-refractivity contribution is 5.84. The molecule has 1 heterocycles. The Morgan fingerprint density at radius 3 is 2.65 bits per heavy atom. The third-order valence-corrected chi connectivity index (χ3v) is 2.90. The summed E-state index contributed by atoms with van der Waals surface area (Å²) < 4.78 is 38.1. The summed E-state index contributed by atoms with van der Waals surface area (Å²) in [4.78, 5) is 22.4. The van der Waals surface area contributed by atoms with Crippen molar-refractivity contribution >= 4 is 5.78 Å². The second kappa shape index (κ2) is 3.68. The average Bonchev–Trinajstić information content (AvgIpc) is 2.58. The van der Waals surface area contributed by atoms with E-state index in [0.29, 0.717) is 0 Å². The molecule has 0 radical (unpaired) electrons. The van der Waals surface area contributed by atoms with Gasteiger partial charge in [0.1, 0.15) is 11.3 Å². The lowest BCUT2D eigenvalue weighted by Gasteiger charge is -2.10. The van der Waals surface area contributed by atoms with Crippen LogP contribution in [0.2, 0.25) is 0 Å². The molecule has 2 rings (SSSR count). The highest BCUT2D eigenvalue weighted by atomic mass is 19.4. The first-order valence-corrected chi connectivity index (χ1v) is 5.01. The summed E-state index contributed by atoms with van der Waals surface area (Å²) in [7, 11) is 0. The third kappa shape index (κ3) is 1.85. The molecule has 1 aromatic heterocycles. The predicted octanol–water partition coefficient (Wildman–Crippen LogP) is 1.41. The first kappa shape index (κ1) is 11.8. The van der Waals surface area contributed by atoms with E-state index in [-0.39, 0.29) is 29.9 Å². The smallest absolute Gasteiger partial charge is 0.299 e. The minimum absolute atomic E-state index is 0.0597. The van der Waals surface area contributed by atoms with Crippen LogP contribution in [0.5, 0.6) is 0 Å². The molecular formula is C10H9F3N2O2. The van der Waals surface area contributed by atoms with E-state index in [0.717, 1.165) is 0 Å². The molecule has 1 aliphatic carbocycles. The largest absolute Gasteiger partial charge is 0.422 e. The van der Waals surface area contributed by atoms with Crippen molar-refractivity contribution in [1.82, 2.24) is 10.2 Å². The van der Waals surface area contributed by atoms with Crippen LogP contribution in [-0.2, 0) is 17.4 Å². The normalized spacial score (nSPS) is 19.2. The third-order valence-electron chi connectivity index (χ3n) is 2.90. The fraction of sp³-hybridized carbons (Fsp3) is 0.500. The molecule has 1 atom stereocenters. The lowest BCUT2D eigenvalue weighted by atomic mass is 10.0. The van der Waals surface area contributed by atoms with E-state index in [1.165, 1.54) is 6.92 Å². The van der Waals surface area contributed by atoms with Gasteiger partial charge in [0.25, 0.3) is 5.56 Å². The summed E-state index contributed by atoms with van der Waals surface area (Å²) in [6.45, 7) is 1.31. The van der Waals surface area contributed by atoms with Crippen LogP contribution in [0, 0.1) is 0 Å². The number of carbonyl (C=O) groups is 1. The maximum Gasteiger partial charge on any atom is 0.422 e. The number of nitrogens with one attached hydrogen (secondary N) is 1. The Labute approximate surface area is 93.8 Å². The Balaban J connectivity index is 2.65. The predicted molar refractivity (Wildman–Crippen MR) is 51.6 cm³/mol. The molecule has 1 aromatic rings. The van der Waals surface area contributed by atoms with Crippen molar-refractivity contribution in [1.29, 1.82) is 0 Å². The van der Waals surface area contributed by atoms with Gasteiger partial charge in [-0.3, -0.25) is 9.59 Å². The molecule has 4 nitrogen and oxygen atoms in total. The van der Waals surface area contributed by atoms with Gasteiger partial charge in [-0.15, -0.1) is 0 Å². The van der Waals surface area contributed by atoms with Crippen molar-refractivity contribution in [3.8, 4) is 0 Å². The van der Waals surface area contributed by atoms with E-state index in [1.807, 2.05) is 5.10 Å². The van der Waals surface area contributed by atoms with Crippen LogP contribution in [0.3, 0.4) is 0 Å².